The maximum atomic E-state index is 12.2. The summed E-state index contributed by atoms with van der Waals surface area (Å²) in [6, 6.07) is 14.0. The fourth-order valence-corrected chi connectivity index (χ4v) is 3.75. The van der Waals surface area contributed by atoms with E-state index in [-0.39, 0.29) is 6.04 Å². The van der Waals surface area contributed by atoms with Crippen molar-refractivity contribution in [3.05, 3.63) is 54.5 Å². The highest BCUT2D eigenvalue weighted by molar-refractivity contribution is 6.35. The van der Waals surface area contributed by atoms with Crippen LogP contribution < -0.4 is 15.5 Å². The summed E-state index contributed by atoms with van der Waals surface area (Å²) in [6.07, 6.45) is 4.64. The summed E-state index contributed by atoms with van der Waals surface area (Å²) >= 11 is 0. The fourth-order valence-electron chi connectivity index (χ4n) is 3.75. The molecule has 0 aliphatic carbocycles. The lowest BCUT2D eigenvalue weighted by atomic mass is 10.1. The van der Waals surface area contributed by atoms with E-state index in [2.05, 4.69) is 51.6 Å². The average Bonchev–Trinajstić information content (AvgIpc) is 3.32. The Balaban J connectivity index is 1.53. The fraction of sp³-hybridized carbons (Fsp3) is 0.478. The van der Waals surface area contributed by atoms with Crippen LogP contribution in [0.25, 0.3) is 0 Å². The Labute approximate surface area is 178 Å². The highest BCUT2D eigenvalue weighted by atomic mass is 16.3. The zero-order valence-electron chi connectivity index (χ0n) is 17.7. The zero-order valence-corrected chi connectivity index (χ0v) is 17.7. The smallest absolute Gasteiger partial charge is 0.309 e. The van der Waals surface area contributed by atoms with E-state index in [1.165, 1.54) is 5.69 Å². The minimum Gasteiger partial charge on any atom is -0.468 e. The second-order valence-corrected chi connectivity index (χ2v) is 7.56. The Bertz CT molecular complexity index is 771. The molecule has 2 amide bonds. The number of hydrogen-bond donors (Lipinski definition) is 2. The largest absolute Gasteiger partial charge is 0.468 e. The summed E-state index contributed by atoms with van der Waals surface area (Å²) in [5.74, 6) is -0.365. The first kappa shape index (κ1) is 21.9. The van der Waals surface area contributed by atoms with Crippen molar-refractivity contribution in [3.63, 3.8) is 0 Å². The molecule has 1 aromatic carbocycles. The summed E-state index contributed by atoms with van der Waals surface area (Å²) in [5, 5.41) is 5.47. The van der Waals surface area contributed by atoms with Gasteiger partial charge in [0.25, 0.3) is 0 Å². The van der Waals surface area contributed by atoms with Gasteiger partial charge >= 0.3 is 11.8 Å². The van der Waals surface area contributed by atoms with Gasteiger partial charge in [0.15, 0.2) is 0 Å². The summed E-state index contributed by atoms with van der Waals surface area (Å²) in [7, 11) is 0. The third kappa shape index (κ3) is 6.10. The highest BCUT2D eigenvalue weighted by Crippen LogP contribution is 2.24. The molecule has 1 aliphatic rings. The number of piperazine rings is 1. The first-order valence-electron chi connectivity index (χ1n) is 10.8. The van der Waals surface area contributed by atoms with Gasteiger partial charge in [0.1, 0.15) is 5.76 Å². The first-order valence-corrected chi connectivity index (χ1v) is 10.8. The molecule has 0 bridgehead atoms. The molecular formula is C23H32N4O3. The van der Waals surface area contributed by atoms with Gasteiger partial charge in [0.05, 0.1) is 12.3 Å². The van der Waals surface area contributed by atoms with E-state index in [9.17, 15) is 9.59 Å². The SMILES string of the molecule is CCCCCNC(=O)C(=O)NCC(c1ccco1)N1CCN(c2ccccc2)CC1. The Morgan fingerprint density at radius 1 is 0.967 bits per heavy atom. The number of carbonyl (C=O) groups excluding carboxylic acids is 2. The van der Waals surface area contributed by atoms with Crippen LogP contribution in [0.4, 0.5) is 5.69 Å². The molecule has 2 heterocycles. The normalized spacial score (nSPS) is 15.6. The standard InChI is InChI=1S/C23H32N4O3/c1-2-3-7-12-24-22(28)23(29)25-18-20(21-11-8-17-30-21)27-15-13-26(14-16-27)19-9-5-4-6-10-19/h4-6,8-11,17,20H,2-3,7,12-16,18H2,1H3,(H,24,28)(H,25,29). The molecular weight excluding hydrogens is 380 g/mol. The minimum atomic E-state index is -0.592. The number of nitrogens with zero attached hydrogens (tertiary/aromatic N) is 2. The number of furan rings is 1. The van der Waals surface area contributed by atoms with E-state index in [1.807, 2.05) is 18.2 Å². The topological polar surface area (TPSA) is 77.8 Å². The molecule has 1 atom stereocenters. The molecule has 2 N–H and O–H groups in total. The van der Waals surface area contributed by atoms with Gasteiger partial charge in [0.2, 0.25) is 0 Å². The van der Waals surface area contributed by atoms with E-state index < -0.39 is 11.8 Å². The molecule has 1 saturated heterocycles. The van der Waals surface area contributed by atoms with E-state index >= 15 is 0 Å². The average molecular weight is 413 g/mol. The first-order chi connectivity index (χ1) is 14.7. The van der Waals surface area contributed by atoms with E-state index in [0.29, 0.717) is 13.1 Å². The third-order valence-electron chi connectivity index (χ3n) is 5.48. The Morgan fingerprint density at radius 3 is 2.37 bits per heavy atom. The molecule has 1 unspecified atom stereocenters. The summed E-state index contributed by atoms with van der Waals surface area (Å²) in [6.45, 7) is 6.45. The second-order valence-electron chi connectivity index (χ2n) is 7.56. The van der Waals surface area contributed by atoms with Crippen molar-refractivity contribution >= 4 is 17.5 Å². The lowest BCUT2D eigenvalue weighted by Crippen LogP contribution is -2.50. The van der Waals surface area contributed by atoms with Gasteiger partial charge in [-0.1, -0.05) is 38.0 Å². The van der Waals surface area contributed by atoms with Gasteiger partial charge in [-0.3, -0.25) is 14.5 Å². The van der Waals surface area contributed by atoms with E-state index in [1.54, 1.807) is 6.26 Å². The molecule has 0 radical (unpaired) electrons. The van der Waals surface area contributed by atoms with Gasteiger partial charge < -0.3 is 20.0 Å². The van der Waals surface area contributed by atoms with Gasteiger partial charge in [-0.15, -0.1) is 0 Å². The number of hydrogen-bond acceptors (Lipinski definition) is 5. The van der Waals surface area contributed by atoms with Gasteiger partial charge in [0, 0.05) is 45.0 Å². The van der Waals surface area contributed by atoms with Gasteiger partial charge in [-0.05, 0) is 30.7 Å². The van der Waals surface area contributed by atoms with Crippen LogP contribution in [0, 0.1) is 0 Å². The van der Waals surface area contributed by atoms with E-state index in [4.69, 9.17) is 4.42 Å². The maximum absolute atomic E-state index is 12.2. The molecule has 1 fully saturated rings. The predicted molar refractivity (Wildman–Crippen MR) is 117 cm³/mol. The predicted octanol–water partition coefficient (Wildman–Crippen LogP) is 2.57. The van der Waals surface area contributed by atoms with Crippen LogP contribution in [-0.2, 0) is 9.59 Å². The Kier molecular flexibility index (Phi) is 8.32. The molecule has 7 nitrogen and oxygen atoms in total. The number of amides is 2. The lowest BCUT2D eigenvalue weighted by molar-refractivity contribution is -0.139. The van der Waals surface area contributed by atoms with Crippen LogP contribution in [-0.4, -0.2) is 56.0 Å². The van der Waals surface area contributed by atoms with Crippen LogP contribution in [0.1, 0.15) is 38.0 Å². The highest BCUT2D eigenvalue weighted by Gasteiger charge is 2.28. The van der Waals surface area contributed by atoms with Crippen LogP contribution >= 0.6 is 0 Å². The maximum Gasteiger partial charge on any atom is 0.309 e. The van der Waals surface area contributed by atoms with Crippen LogP contribution in [0.15, 0.2) is 53.1 Å². The van der Waals surface area contributed by atoms with Crippen molar-refractivity contribution < 1.29 is 14.0 Å². The van der Waals surface area contributed by atoms with Gasteiger partial charge in [-0.2, -0.15) is 0 Å². The number of nitrogens with one attached hydrogen (secondary N) is 2. The Morgan fingerprint density at radius 2 is 1.70 bits per heavy atom. The molecule has 7 heteroatoms. The zero-order chi connectivity index (χ0) is 21.2. The summed E-state index contributed by atoms with van der Waals surface area (Å²) in [5.41, 5.74) is 1.22. The number of carbonyl (C=O) groups is 2. The number of para-hydroxylation sites is 1. The lowest BCUT2D eigenvalue weighted by Gasteiger charge is -2.39. The molecule has 0 saturated carbocycles. The van der Waals surface area contributed by atoms with Crippen molar-refractivity contribution in [2.24, 2.45) is 0 Å². The van der Waals surface area contributed by atoms with Crippen molar-refractivity contribution in [2.45, 2.75) is 32.2 Å². The van der Waals surface area contributed by atoms with Crippen molar-refractivity contribution in [2.75, 3.05) is 44.2 Å². The number of unbranched alkanes of at least 4 members (excludes halogenated alkanes) is 2. The van der Waals surface area contributed by atoms with Crippen LogP contribution in [0.2, 0.25) is 0 Å². The van der Waals surface area contributed by atoms with Crippen molar-refractivity contribution in [1.82, 2.24) is 15.5 Å². The molecule has 30 heavy (non-hydrogen) atoms. The van der Waals surface area contributed by atoms with E-state index in [0.717, 1.165) is 51.2 Å². The number of benzene rings is 1. The molecule has 3 rings (SSSR count). The summed E-state index contributed by atoms with van der Waals surface area (Å²) in [4.78, 5) is 28.9. The molecule has 1 aliphatic heterocycles. The second kappa shape index (κ2) is 11.4. The van der Waals surface area contributed by atoms with Crippen LogP contribution in [0.5, 0.6) is 0 Å². The number of anilines is 1. The third-order valence-corrected chi connectivity index (χ3v) is 5.48. The van der Waals surface area contributed by atoms with Crippen molar-refractivity contribution in [1.29, 1.82) is 0 Å². The van der Waals surface area contributed by atoms with Crippen molar-refractivity contribution in [3.8, 4) is 0 Å². The molecule has 0 spiro atoms. The monoisotopic (exact) mass is 412 g/mol. The number of rotatable bonds is 9. The molecule has 162 valence electrons. The van der Waals surface area contributed by atoms with Crippen LogP contribution in [0.3, 0.4) is 0 Å². The minimum absolute atomic E-state index is 0.102. The quantitative estimate of drug-likeness (QED) is 0.489. The molecule has 2 aromatic rings. The summed E-state index contributed by atoms with van der Waals surface area (Å²) < 4.78 is 5.64. The van der Waals surface area contributed by atoms with Gasteiger partial charge in [-0.25, -0.2) is 0 Å². The molecule has 1 aromatic heterocycles. The Hall–Kier alpha value is -2.80.